The Kier molecular flexibility index (Phi) is 5.45. The monoisotopic (exact) mass is 384 g/mol. The quantitative estimate of drug-likeness (QED) is 0.666. The first-order valence-corrected chi connectivity index (χ1v) is 9.92. The van der Waals surface area contributed by atoms with Crippen molar-refractivity contribution in [2.45, 2.75) is 35.3 Å². The van der Waals surface area contributed by atoms with Gasteiger partial charge in [0, 0.05) is 34.5 Å². The summed E-state index contributed by atoms with van der Waals surface area (Å²) in [6.45, 7) is 1.34. The number of carbonyl (C=O) groups is 1. The summed E-state index contributed by atoms with van der Waals surface area (Å²) in [5, 5.41) is 4.94. The van der Waals surface area contributed by atoms with Gasteiger partial charge in [0.2, 0.25) is 5.91 Å². The molecule has 6 heteroatoms. The number of H-pyrrole nitrogens is 1. The van der Waals surface area contributed by atoms with Crippen molar-refractivity contribution < 1.29 is 13.9 Å². The Hall–Kier alpha value is -2.31. The molecule has 2 N–H and O–H groups in total. The van der Waals surface area contributed by atoms with Crippen molar-refractivity contribution in [1.29, 1.82) is 0 Å². The SMILES string of the molecule is O=C(Cc1c(Sc2ccc(F)cc2)[nH]c2ccccc12)NC[C@H]1CCCO1. The van der Waals surface area contributed by atoms with Gasteiger partial charge in [-0.05, 0) is 43.2 Å². The van der Waals surface area contributed by atoms with E-state index in [0.29, 0.717) is 13.0 Å². The van der Waals surface area contributed by atoms with Crippen molar-refractivity contribution in [3.8, 4) is 0 Å². The van der Waals surface area contributed by atoms with Crippen LogP contribution in [0.5, 0.6) is 0 Å². The fraction of sp³-hybridized carbons (Fsp3) is 0.286. The summed E-state index contributed by atoms with van der Waals surface area (Å²) in [5.41, 5.74) is 1.95. The second-order valence-electron chi connectivity index (χ2n) is 6.65. The molecule has 2 aromatic carbocycles. The van der Waals surface area contributed by atoms with Crippen LogP contribution in [0.1, 0.15) is 18.4 Å². The van der Waals surface area contributed by atoms with E-state index in [1.54, 1.807) is 12.1 Å². The summed E-state index contributed by atoms with van der Waals surface area (Å²) >= 11 is 1.51. The predicted octanol–water partition coefficient (Wildman–Crippen LogP) is 4.30. The van der Waals surface area contributed by atoms with Crippen LogP contribution in [-0.2, 0) is 16.0 Å². The van der Waals surface area contributed by atoms with E-state index in [0.717, 1.165) is 45.8 Å². The molecule has 1 atom stereocenters. The molecule has 0 spiro atoms. The Morgan fingerprint density at radius 1 is 1.22 bits per heavy atom. The number of carbonyl (C=O) groups excluding carboxylic acids is 1. The van der Waals surface area contributed by atoms with Crippen molar-refractivity contribution in [1.82, 2.24) is 10.3 Å². The van der Waals surface area contributed by atoms with E-state index in [9.17, 15) is 9.18 Å². The van der Waals surface area contributed by atoms with Gasteiger partial charge in [-0.1, -0.05) is 30.0 Å². The van der Waals surface area contributed by atoms with E-state index < -0.39 is 0 Å². The van der Waals surface area contributed by atoms with E-state index in [1.807, 2.05) is 24.3 Å². The van der Waals surface area contributed by atoms with Crippen LogP contribution in [0.25, 0.3) is 10.9 Å². The van der Waals surface area contributed by atoms with Gasteiger partial charge in [-0.3, -0.25) is 4.79 Å². The Morgan fingerprint density at radius 3 is 2.81 bits per heavy atom. The molecule has 3 aromatic rings. The van der Waals surface area contributed by atoms with Crippen LogP contribution in [0, 0.1) is 5.82 Å². The molecule has 0 bridgehead atoms. The molecule has 0 unspecified atom stereocenters. The molecule has 1 aromatic heterocycles. The van der Waals surface area contributed by atoms with E-state index in [-0.39, 0.29) is 17.8 Å². The molecule has 0 aliphatic carbocycles. The molecule has 4 nitrogen and oxygen atoms in total. The molecular formula is C21H21FN2O2S. The van der Waals surface area contributed by atoms with Crippen molar-refractivity contribution in [2.24, 2.45) is 0 Å². The number of hydrogen-bond acceptors (Lipinski definition) is 3. The number of hydrogen-bond donors (Lipinski definition) is 2. The Bertz CT molecular complexity index is 933. The molecular weight excluding hydrogens is 363 g/mol. The van der Waals surface area contributed by atoms with Crippen LogP contribution < -0.4 is 5.32 Å². The third kappa shape index (κ3) is 4.34. The van der Waals surface area contributed by atoms with E-state index in [1.165, 1.54) is 23.9 Å². The van der Waals surface area contributed by atoms with Crippen molar-refractivity contribution in [3.05, 3.63) is 59.9 Å². The van der Waals surface area contributed by atoms with Crippen LogP contribution in [-0.4, -0.2) is 30.1 Å². The molecule has 1 aliphatic rings. The van der Waals surface area contributed by atoms with Gasteiger partial charge < -0.3 is 15.0 Å². The van der Waals surface area contributed by atoms with Gasteiger partial charge in [-0.2, -0.15) is 0 Å². The van der Waals surface area contributed by atoms with E-state index >= 15 is 0 Å². The molecule has 0 radical (unpaired) electrons. The van der Waals surface area contributed by atoms with E-state index in [2.05, 4.69) is 10.3 Å². The largest absolute Gasteiger partial charge is 0.376 e. The van der Waals surface area contributed by atoms with Crippen molar-refractivity contribution in [3.63, 3.8) is 0 Å². The topological polar surface area (TPSA) is 54.1 Å². The van der Waals surface area contributed by atoms with Gasteiger partial charge in [0.15, 0.2) is 0 Å². The van der Waals surface area contributed by atoms with Crippen LogP contribution in [0.2, 0.25) is 0 Å². The maximum absolute atomic E-state index is 13.2. The van der Waals surface area contributed by atoms with Crippen LogP contribution in [0.15, 0.2) is 58.5 Å². The number of fused-ring (bicyclic) bond motifs is 1. The first kappa shape index (κ1) is 18.1. The molecule has 140 valence electrons. The average Bonchev–Trinajstić information content (AvgIpc) is 3.31. The molecule has 1 saturated heterocycles. The lowest BCUT2D eigenvalue weighted by molar-refractivity contribution is -0.120. The highest BCUT2D eigenvalue weighted by molar-refractivity contribution is 7.99. The summed E-state index contributed by atoms with van der Waals surface area (Å²) in [4.78, 5) is 16.8. The smallest absolute Gasteiger partial charge is 0.224 e. The maximum Gasteiger partial charge on any atom is 0.224 e. The Morgan fingerprint density at radius 2 is 2.04 bits per heavy atom. The molecule has 1 fully saturated rings. The number of aromatic nitrogens is 1. The number of benzene rings is 2. The minimum Gasteiger partial charge on any atom is -0.376 e. The number of ether oxygens (including phenoxy) is 1. The van der Waals surface area contributed by atoms with Crippen molar-refractivity contribution >= 4 is 28.6 Å². The summed E-state index contributed by atoms with van der Waals surface area (Å²) in [7, 11) is 0. The predicted molar refractivity (Wildman–Crippen MR) is 105 cm³/mol. The highest BCUT2D eigenvalue weighted by atomic mass is 32.2. The summed E-state index contributed by atoms with van der Waals surface area (Å²) in [6, 6.07) is 14.3. The average molecular weight is 384 g/mol. The van der Waals surface area contributed by atoms with Gasteiger partial charge in [-0.25, -0.2) is 4.39 Å². The molecule has 2 heterocycles. The number of halogens is 1. The Labute approximate surface area is 161 Å². The second kappa shape index (κ2) is 8.15. The molecule has 1 amide bonds. The van der Waals surface area contributed by atoms with Gasteiger partial charge >= 0.3 is 0 Å². The number of nitrogens with one attached hydrogen (secondary N) is 2. The number of amides is 1. The van der Waals surface area contributed by atoms with Crippen LogP contribution in [0.4, 0.5) is 4.39 Å². The first-order valence-electron chi connectivity index (χ1n) is 9.10. The lowest BCUT2D eigenvalue weighted by Gasteiger charge is -2.11. The molecule has 1 aliphatic heterocycles. The third-order valence-electron chi connectivity index (χ3n) is 4.70. The van der Waals surface area contributed by atoms with Gasteiger partial charge in [0.1, 0.15) is 5.82 Å². The van der Waals surface area contributed by atoms with Gasteiger partial charge in [0.25, 0.3) is 0 Å². The van der Waals surface area contributed by atoms with Crippen LogP contribution in [0.3, 0.4) is 0 Å². The normalized spacial score (nSPS) is 16.7. The van der Waals surface area contributed by atoms with Crippen LogP contribution >= 0.6 is 11.8 Å². The highest BCUT2D eigenvalue weighted by Gasteiger charge is 2.19. The zero-order chi connectivity index (χ0) is 18.6. The fourth-order valence-corrected chi connectivity index (χ4v) is 4.29. The molecule has 0 saturated carbocycles. The van der Waals surface area contributed by atoms with Gasteiger partial charge in [-0.15, -0.1) is 0 Å². The second-order valence-corrected chi connectivity index (χ2v) is 7.73. The summed E-state index contributed by atoms with van der Waals surface area (Å²) in [5.74, 6) is -0.277. The van der Waals surface area contributed by atoms with E-state index in [4.69, 9.17) is 4.74 Å². The number of rotatable bonds is 6. The minimum atomic E-state index is -0.260. The van der Waals surface area contributed by atoms with Crippen molar-refractivity contribution in [2.75, 3.05) is 13.2 Å². The summed E-state index contributed by atoms with van der Waals surface area (Å²) < 4.78 is 18.7. The third-order valence-corrected chi connectivity index (χ3v) is 5.76. The first-order chi connectivity index (χ1) is 13.2. The lowest BCUT2D eigenvalue weighted by atomic mass is 10.1. The fourth-order valence-electron chi connectivity index (χ4n) is 3.31. The number of aromatic amines is 1. The minimum absolute atomic E-state index is 0.0174. The van der Waals surface area contributed by atoms with Gasteiger partial charge in [0.05, 0.1) is 17.6 Å². The number of para-hydroxylation sites is 1. The molecule has 27 heavy (non-hydrogen) atoms. The standard InChI is InChI=1S/C21H21FN2O2S/c22-14-7-9-16(10-8-14)27-21-18(17-5-1-2-6-19(17)24-21)12-20(25)23-13-15-4-3-11-26-15/h1-2,5-10,15,24H,3-4,11-13H2,(H,23,25)/t15-/m1/s1. The molecule has 4 rings (SSSR count). The Balaban J connectivity index is 1.54. The zero-order valence-electron chi connectivity index (χ0n) is 14.8. The maximum atomic E-state index is 13.2. The summed E-state index contributed by atoms with van der Waals surface area (Å²) in [6.07, 6.45) is 2.48. The zero-order valence-corrected chi connectivity index (χ0v) is 15.7. The lowest BCUT2D eigenvalue weighted by Crippen LogP contribution is -2.32. The highest BCUT2D eigenvalue weighted by Crippen LogP contribution is 2.34.